The van der Waals surface area contributed by atoms with Gasteiger partial charge in [0.15, 0.2) is 5.82 Å². The first-order valence-electron chi connectivity index (χ1n) is 18.0. The van der Waals surface area contributed by atoms with E-state index >= 15 is 0 Å². The van der Waals surface area contributed by atoms with Crippen molar-refractivity contribution in [3.63, 3.8) is 0 Å². The van der Waals surface area contributed by atoms with Crippen LogP contribution < -0.4 is 20.1 Å². The van der Waals surface area contributed by atoms with Gasteiger partial charge in [-0.1, -0.05) is 31.1 Å². The summed E-state index contributed by atoms with van der Waals surface area (Å²) in [6, 6.07) is 3.76. The van der Waals surface area contributed by atoms with Gasteiger partial charge in [-0.15, -0.1) is 0 Å². The summed E-state index contributed by atoms with van der Waals surface area (Å²) in [5.74, 6) is -3.63. The maximum Gasteiger partial charge on any atom is 0.272 e. The lowest BCUT2D eigenvalue weighted by atomic mass is 10.0. The van der Waals surface area contributed by atoms with E-state index in [0.29, 0.717) is 42.6 Å². The number of sulfonamides is 1. The van der Waals surface area contributed by atoms with Crippen LogP contribution in [0.3, 0.4) is 0 Å². The van der Waals surface area contributed by atoms with Crippen molar-refractivity contribution >= 4 is 44.7 Å². The van der Waals surface area contributed by atoms with Crippen LogP contribution in [-0.2, 0) is 24.4 Å². The summed E-state index contributed by atoms with van der Waals surface area (Å²) in [5.41, 5.74) is -0.0749. The number of allylic oxidation sites excluding steroid dienone is 1. The Hall–Kier alpha value is -4.93. The Kier molecular flexibility index (Phi) is 9.49. The fourth-order valence-corrected chi connectivity index (χ4v) is 8.41. The fourth-order valence-electron chi connectivity index (χ4n) is 7.10. The topological polar surface area (TPSA) is 205 Å². The minimum Gasteiger partial charge on any atom is -0.471 e. The maximum atomic E-state index is 14.7. The third-order valence-electron chi connectivity index (χ3n) is 10.8. The molecular formula is C36H43FN8O7S. The summed E-state index contributed by atoms with van der Waals surface area (Å²) in [7, 11) is -4.01. The number of aryl methyl sites for hydroxylation is 2. The number of para-hydroxylation sites is 1. The van der Waals surface area contributed by atoms with Crippen molar-refractivity contribution in [2.75, 3.05) is 6.54 Å². The largest absolute Gasteiger partial charge is 0.471 e. The fraction of sp³-hybridized carbons (Fsp3) is 0.528. The number of H-pyrrole nitrogens is 1. The first-order valence-corrected chi connectivity index (χ1v) is 19.5. The number of aromatic amines is 1. The first kappa shape index (κ1) is 36.4. The number of carbonyl (C=O) groups excluding carboxylic acids is 4. The highest BCUT2D eigenvalue weighted by Crippen LogP contribution is 2.47. The SMILES string of the molecule is Cc1cc(C(=O)NC2CCCCCC=CC3CC3(C(=O)NS(=O)(=O)C3(C)CC3)NC(=O)C3CC(Oc4nc5c(F)cccc5nc4C)CN3C2=O)n[nH]1. The number of amides is 4. The zero-order chi connectivity index (χ0) is 37.7. The highest BCUT2D eigenvalue weighted by molar-refractivity contribution is 7.91. The molecule has 1 saturated heterocycles. The summed E-state index contributed by atoms with van der Waals surface area (Å²) in [5, 5.41) is 12.4. The summed E-state index contributed by atoms with van der Waals surface area (Å²) in [6.45, 7) is 4.87. The van der Waals surface area contributed by atoms with Gasteiger partial charge in [0.1, 0.15) is 40.6 Å². The number of halogens is 1. The molecule has 2 aliphatic heterocycles. The Bertz CT molecular complexity index is 2120. The van der Waals surface area contributed by atoms with Crippen molar-refractivity contribution in [3.8, 4) is 5.88 Å². The van der Waals surface area contributed by atoms with E-state index < -0.39 is 73.9 Å². The van der Waals surface area contributed by atoms with Gasteiger partial charge in [0.2, 0.25) is 27.7 Å². The van der Waals surface area contributed by atoms with Crippen LogP contribution in [0.5, 0.6) is 5.88 Å². The molecule has 4 N–H and O–H groups in total. The molecule has 282 valence electrons. The van der Waals surface area contributed by atoms with Crippen LogP contribution in [0.1, 0.15) is 86.6 Å². The van der Waals surface area contributed by atoms with Gasteiger partial charge in [-0.25, -0.2) is 22.8 Å². The Labute approximate surface area is 306 Å². The second-order valence-corrected chi connectivity index (χ2v) is 17.1. The average molecular weight is 751 g/mol. The Balaban J connectivity index is 1.20. The predicted octanol–water partition coefficient (Wildman–Crippen LogP) is 2.65. The number of aromatic nitrogens is 4. The van der Waals surface area contributed by atoms with Crippen molar-refractivity contribution in [2.45, 2.75) is 107 Å². The van der Waals surface area contributed by atoms with Crippen LogP contribution >= 0.6 is 0 Å². The van der Waals surface area contributed by atoms with E-state index in [1.165, 1.54) is 17.0 Å². The van der Waals surface area contributed by atoms with Crippen LogP contribution in [0.2, 0.25) is 0 Å². The van der Waals surface area contributed by atoms with Crippen LogP contribution in [-0.4, -0.2) is 92.1 Å². The molecule has 15 nitrogen and oxygen atoms in total. The summed E-state index contributed by atoms with van der Waals surface area (Å²) in [6.07, 6.45) is 6.98. The molecule has 2 aliphatic carbocycles. The van der Waals surface area contributed by atoms with E-state index in [1.54, 1.807) is 32.9 Å². The monoisotopic (exact) mass is 750 g/mol. The predicted molar refractivity (Wildman–Crippen MR) is 189 cm³/mol. The second kappa shape index (κ2) is 13.8. The van der Waals surface area contributed by atoms with Gasteiger partial charge in [0.25, 0.3) is 11.8 Å². The van der Waals surface area contributed by atoms with Gasteiger partial charge in [-0.3, -0.25) is 29.0 Å². The molecule has 2 saturated carbocycles. The lowest BCUT2D eigenvalue weighted by molar-refractivity contribution is -0.141. The van der Waals surface area contributed by atoms with Crippen molar-refractivity contribution in [1.29, 1.82) is 0 Å². The molecule has 5 atom stereocenters. The number of hydrogen-bond acceptors (Lipinski definition) is 10. The Morgan fingerprint density at radius 1 is 1.11 bits per heavy atom. The molecule has 5 unspecified atom stereocenters. The normalized spacial score (nSPS) is 27.1. The third-order valence-corrected chi connectivity index (χ3v) is 12.9. The number of rotatable bonds is 7. The molecule has 17 heteroatoms. The van der Waals surface area contributed by atoms with Gasteiger partial charge in [0, 0.05) is 18.0 Å². The van der Waals surface area contributed by atoms with E-state index in [0.717, 1.165) is 12.8 Å². The second-order valence-electron chi connectivity index (χ2n) is 14.9. The van der Waals surface area contributed by atoms with Crippen molar-refractivity contribution in [1.82, 2.24) is 40.4 Å². The number of hydrogen-bond donors (Lipinski definition) is 4. The molecule has 0 spiro atoms. The van der Waals surface area contributed by atoms with Gasteiger partial charge in [-0.05, 0) is 77.5 Å². The molecule has 7 rings (SSSR count). The zero-order valence-corrected chi connectivity index (χ0v) is 30.6. The molecule has 0 bridgehead atoms. The van der Waals surface area contributed by atoms with E-state index in [4.69, 9.17) is 4.74 Å². The van der Waals surface area contributed by atoms with Crippen LogP contribution in [0.15, 0.2) is 36.4 Å². The summed E-state index contributed by atoms with van der Waals surface area (Å²) >= 11 is 0. The molecule has 3 fully saturated rings. The number of nitrogens with one attached hydrogen (secondary N) is 4. The van der Waals surface area contributed by atoms with Gasteiger partial charge < -0.3 is 20.3 Å². The van der Waals surface area contributed by atoms with Crippen LogP contribution in [0.4, 0.5) is 4.39 Å². The lowest BCUT2D eigenvalue weighted by Crippen LogP contribution is -2.58. The highest BCUT2D eigenvalue weighted by Gasteiger charge is 2.63. The van der Waals surface area contributed by atoms with E-state index in [-0.39, 0.29) is 42.9 Å². The molecule has 0 radical (unpaired) electrons. The smallest absolute Gasteiger partial charge is 0.272 e. The van der Waals surface area contributed by atoms with E-state index in [2.05, 4.69) is 35.5 Å². The highest BCUT2D eigenvalue weighted by atomic mass is 32.2. The minimum atomic E-state index is -4.01. The summed E-state index contributed by atoms with van der Waals surface area (Å²) in [4.78, 5) is 66.0. The van der Waals surface area contributed by atoms with E-state index in [9.17, 15) is 32.0 Å². The number of carbonyl (C=O) groups is 4. The van der Waals surface area contributed by atoms with Crippen molar-refractivity contribution in [2.24, 2.45) is 5.92 Å². The average Bonchev–Trinajstić information content (AvgIpc) is 3.91. The zero-order valence-electron chi connectivity index (χ0n) is 29.8. The van der Waals surface area contributed by atoms with Gasteiger partial charge in [0.05, 0.1) is 16.8 Å². The third kappa shape index (κ3) is 7.22. The van der Waals surface area contributed by atoms with Crippen molar-refractivity contribution < 1.29 is 36.7 Å². The molecule has 53 heavy (non-hydrogen) atoms. The van der Waals surface area contributed by atoms with Crippen molar-refractivity contribution in [3.05, 3.63) is 59.3 Å². The van der Waals surface area contributed by atoms with Gasteiger partial charge >= 0.3 is 0 Å². The minimum absolute atomic E-state index is 0.00179. The maximum absolute atomic E-state index is 14.7. The van der Waals surface area contributed by atoms with Crippen LogP contribution in [0, 0.1) is 25.6 Å². The number of fused-ring (bicyclic) bond motifs is 3. The molecule has 4 aliphatic rings. The molecular weight excluding hydrogens is 708 g/mol. The number of ether oxygens (including phenoxy) is 1. The molecule has 1 aromatic carbocycles. The standard InChI is InChI=1S/C36H43FN8O7S/c1-20-16-27(43-42-20)30(46)39-26-12-8-6-4-5-7-10-22-18-36(22,34(49)44-53(50,51)35(3)14-15-35)41-31(47)28-17-23(19-45(28)33(26)48)52-32-21(2)38-25-13-9-11-24(37)29(25)40-32/h7,9-11,13,16,22-23,26,28H,4-6,8,12,14-15,17-19H2,1-3H3,(H,39,46)(H,41,47)(H,42,43)(H,44,49). The van der Waals surface area contributed by atoms with E-state index in [1.807, 2.05) is 12.2 Å². The quantitative estimate of drug-likeness (QED) is 0.260. The lowest BCUT2D eigenvalue weighted by Gasteiger charge is -2.30. The molecule has 4 amide bonds. The summed E-state index contributed by atoms with van der Waals surface area (Å²) < 4.78 is 48.3. The molecule has 4 heterocycles. The molecule has 3 aromatic rings. The van der Waals surface area contributed by atoms with Gasteiger partial charge in [-0.2, -0.15) is 5.10 Å². The number of nitrogens with zero attached hydrogens (tertiary/aromatic N) is 4. The number of benzene rings is 1. The first-order chi connectivity index (χ1) is 25.2. The Morgan fingerprint density at radius 2 is 1.91 bits per heavy atom. The molecule has 2 aromatic heterocycles. The Morgan fingerprint density at radius 3 is 2.64 bits per heavy atom. The van der Waals surface area contributed by atoms with Crippen LogP contribution in [0.25, 0.3) is 11.0 Å².